The lowest BCUT2D eigenvalue weighted by molar-refractivity contribution is -0.111. The van der Waals surface area contributed by atoms with Crippen LogP contribution in [0.15, 0.2) is 24.3 Å². The number of carbonyl (C=O) groups excluding carboxylic acids is 2. The van der Waals surface area contributed by atoms with Crippen LogP contribution in [0.2, 0.25) is 0 Å². The van der Waals surface area contributed by atoms with Crippen molar-refractivity contribution in [3.05, 3.63) is 29.8 Å². The second-order valence-electron chi connectivity index (χ2n) is 3.36. The SMILES string of the molecule is COc1ccc(C(=O)CCCC(=O)Cl)cc1. The Morgan fingerprint density at radius 1 is 1.19 bits per heavy atom. The highest BCUT2D eigenvalue weighted by molar-refractivity contribution is 6.63. The Kier molecular flexibility index (Phi) is 4.99. The minimum atomic E-state index is -0.400. The van der Waals surface area contributed by atoms with Crippen molar-refractivity contribution >= 4 is 22.6 Å². The van der Waals surface area contributed by atoms with Crippen LogP contribution in [0.1, 0.15) is 29.6 Å². The van der Waals surface area contributed by atoms with E-state index in [1.807, 2.05) is 0 Å². The van der Waals surface area contributed by atoms with Gasteiger partial charge < -0.3 is 4.74 Å². The highest BCUT2D eigenvalue weighted by Crippen LogP contribution is 2.13. The number of hydrogen-bond acceptors (Lipinski definition) is 3. The van der Waals surface area contributed by atoms with E-state index in [1.165, 1.54) is 0 Å². The molecule has 0 aromatic heterocycles. The fourth-order valence-corrected chi connectivity index (χ4v) is 1.44. The number of carbonyl (C=O) groups is 2. The van der Waals surface area contributed by atoms with Crippen LogP contribution in [0.3, 0.4) is 0 Å². The van der Waals surface area contributed by atoms with Gasteiger partial charge in [0.1, 0.15) is 5.75 Å². The molecule has 0 unspecified atom stereocenters. The Hall–Kier alpha value is -1.35. The third-order valence-electron chi connectivity index (χ3n) is 2.19. The Morgan fingerprint density at radius 3 is 2.31 bits per heavy atom. The second-order valence-corrected chi connectivity index (χ2v) is 3.78. The number of Topliss-reactive ketones (excluding diaryl/α,β-unsaturated/α-hetero) is 1. The van der Waals surface area contributed by atoms with Crippen molar-refractivity contribution in [1.82, 2.24) is 0 Å². The summed E-state index contributed by atoms with van der Waals surface area (Å²) < 4.78 is 4.99. The minimum Gasteiger partial charge on any atom is -0.497 e. The van der Waals surface area contributed by atoms with E-state index in [-0.39, 0.29) is 12.2 Å². The molecule has 0 saturated carbocycles. The van der Waals surface area contributed by atoms with Crippen LogP contribution < -0.4 is 4.74 Å². The summed E-state index contributed by atoms with van der Waals surface area (Å²) in [6, 6.07) is 6.90. The molecule has 86 valence electrons. The van der Waals surface area contributed by atoms with Gasteiger partial charge in [0.25, 0.3) is 0 Å². The molecule has 0 fully saturated rings. The van der Waals surface area contributed by atoms with Gasteiger partial charge in [0, 0.05) is 18.4 Å². The van der Waals surface area contributed by atoms with Gasteiger partial charge in [-0.25, -0.2) is 0 Å². The molecule has 0 heterocycles. The molecule has 0 aliphatic carbocycles. The van der Waals surface area contributed by atoms with Gasteiger partial charge >= 0.3 is 0 Å². The molecule has 3 nitrogen and oxygen atoms in total. The van der Waals surface area contributed by atoms with E-state index in [1.54, 1.807) is 31.4 Å². The first-order valence-electron chi connectivity index (χ1n) is 4.99. The molecule has 0 bridgehead atoms. The lowest BCUT2D eigenvalue weighted by atomic mass is 10.1. The van der Waals surface area contributed by atoms with E-state index in [2.05, 4.69) is 0 Å². The second kappa shape index (κ2) is 6.28. The van der Waals surface area contributed by atoms with Gasteiger partial charge in [-0.3, -0.25) is 9.59 Å². The van der Waals surface area contributed by atoms with Crippen molar-refractivity contribution in [3.63, 3.8) is 0 Å². The maximum absolute atomic E-state index is 11.6. The largest absolute Gasteiger partial charge is 0.497 e. The number of hydrogen-bond donors (Lipinski definition) is 0. The van der Waals surface area contributed by atoms with E-state index in [9.17, 15) is 9.59 Å². The molecule has 16 heavy (non-hydrogen) atoms. The molecule has 0 spiro atoms. The average Bonchev–Trinajstić information content (AvgIpc) is 2.28. The maximum atomic E-state index is 11.6. The van der Waals surface area contributed by atoms with Crippen molar-refractivity contribution in [2.24, 2.45) is 0 Å². The zero-order valence-electron chi connectivity index (χ0n) is 9.03. The van der Waals surface area contributed by atoms with Crippen LogP contribution in [-0.2, 0) is 4.79 Å². The topological polar surface area (TPSA) is 43.4 Å². The van der Waals surface area contributed by atoms with E-state index < -0.39 is 5.24 Å². The molecule has 1 aromatic rings. The molecule has 0 N–H and O–H groups in total. The molecule has 0 aliphatic heterocycles. The van der Waals surface area contributed by atoms with Crippen molar-refractivity contribution in [2.45, 2.75) is 19.3 Å². The molecular weight excluding hydrogens is 228 g/mol. The van der Waals surface area contributed by atoms with Crippen molar-refractivity contribution in [1.29, 1.82) is 0 Å². The van der Waals surface area contributed by atoms with Gasteiger partial charge in [-0.15, -0.1) is 0 Å². The summed E-state index contributed by atoms with van der Waals surface area (Å²) in [5.74, 6) is 0.730. The van der Waals surface area contributed by atoms with Crippen LogP contribution in [0.4, 0.5) is 0 Å². The Bertz CT molecular complexity index is 370. The summed E-state index contributed by atoms with van der Waals surface area (Å²) >= 11 is 5.18. The van der Waals surface area contributed by atoms with Gasteiger partial charge in [0.2, 0.25) is 5.24 Å². The maximum Gasteiger partial charge on any atom is 0.221 e. The standard InChI is InChI=1S/C12H13ClO3/c1-16-10-7-5-9(6-8-10)11(14)3-2-4-12(13)15/h5-8H,2-4H2,1H3. The Labute approximate surface area is 99.4 Å². The van der Waals surface area contributed by atoms with Gasteiger partial charge in [-0.05, 0) is 42.3 Å². The average molecular weight is 241 g/mol. The third kappa shape index (κ3) is 4.03. The molecule has 0 aliphatic rings. The van der Waals surface area contributed by atoms with Crippen molar-refractivity contribution in [3.8, 4) is 5.75 Å². The van der Waals surface area contributed by atoms with Crippen LogP contribution >= 0.6 is 11.6 Å². The van der Waals surface area contributed by atoms with Crippen molar-refractivity contribution < 1.29 is 14.3 Å². The first-order valence-corrected chi connectivity index (χ1v) is 5.37. The normalized spacial score (nSPS) is 9.88. The van der Waals surface area contributed by atoms with Crippen molar-refractivity contribution in [2.75, 3.05) is 7.11 Å². The molecule has 1 rings (SSSR count). The fourth-order valence-electron chi connectivity index (χ4n) is 1.31. The molecule has 0 radical (unpaired) electrons. The number of ether oxygens (including phenoxy) is 1. The van der Waals surface area contributed by atoms with Crippen LogP contribution in [0.5, 0.6) is 5.75 Å². The number of rotatable bonds is 6. The molecule has 1 aromatic carbocycles. The first-order chi connectivity index (χ1) is 7.63. The van der Waals surface area contributed by atoms with Gasteiger partial charge in [-0.1, -0.05) is 0 Å². The van der Waals surface area contributed by atoms with E-state index in [4.69, 9.17) is 16.3 Å². The fraction of sp³-hybridized carbons (Fsp3) is 0.333. The van der Waals surface area contributed by atoms with Gasteiger partial charge in [-0.2, -0.15) is 0 Å². The van der Waals surface area contributed by atoms with Crippen LogP contribution in [0, 0.1) is 0 Å². The molecule has 4 heteroatoms. The highest BCUT2D eigenvalue weighted by Gasteiger charge is 2.06. The number of halogens is 1. The zero-order valence-corrected chi connectivity index (χ0v) is 9.79. The smallest absolute Gasteiger partial charge is 0.221 e. The van der Waals surface area contributed by atoms with Crippen LogP contribution in [-0.4, -0.2) is 18.1 Å². The Balaban J connectivity index is 2.49. The molecule has 0 saturated heterocycles. The number of methoxy groups -OCH3 is 1. The van der Waals surface area contributed by atoms with Gasteiger partial charge in [0.05, 0.1) is 7.11 Å². The van der Waals surface area contributed by atoms with Gasteiger partial charge in [0.15, 0.2) is 5.78 Å². The van der Waals surface area contributed by atoms with E-state index >= 15 is 0 Å². The van der Waals surface area contributed by atoms with Crippen LogP contribution in [0.25, 0.3) is 0 Å². The summed E-state index contributed by atoms with van der Waals surface area (Å²) in [7, 11) is 1.57. The number of ketones is 1. The third-order valence-corrected chi connectivity index (χ3v) is 2.38. The Morgan fingerprint density at radius 2 is 1.81 bits per heavy atom. The summed E-state index contributed by atoms with van der Waals surface area (Å²) in [5, 5.41) is -0.400. The predicted molar refractivity (Wildman–Crippen MR) is 62.0 cm³/mol. The quantitative estimate of drug-likeness (QED) is 0.567. The highest BCUT2D eigenvalue weighted by atomic mass is 35.5. The molecule has 0 atom stereocenters. The van der Waals surface area contributed by atoms with E-state index in [0.29, 0.717) is 24.2 Å². The zero-order chi connectivity index (χ0) is 12.0. The summed E-state index contributed by atoms with van der Waals surface area (Å²) in [4.78, 5) is 22.1. The summed E-state index contributed by atoms with van der Waals surface area (Å²) in [6.45, 7) is 0. The first kappa shape index (κ1) is 12.7. The lowest BCUT2D eigenvalue weighted by Gasteiger charge is -2.02. The summed E-state index contributed by atoms with van der Waals surface area (Å²) in [6.07, 6.45) is 1.07. The minimum absolute atomic E-state index is 0.0144. The number of benzene rings is 1. The lowest BCUT2D eigenvalue weighted by Crippen LogP contribution is -2.00. The molecule has 0 amide bonds. The summed E-state index contributed by atoms with van der Waals surface area (Å²) in [5.41, 5.74) is 0.628. The predicted octanol–water partition coefficient (Wildman–Crippen LogP) is 2.81. The monoisotopic (exact) mass is 240 g/mol. The molecular formula is C12H13ClO3. The van der Waals surface area contributed by atoms with E-state index in [0.717, 1.165) is 0 Å².